The molecule has 2 aromatic rings. The molecule has 0 amide bonds. The van der Waals surface area contributed by atoms with Gasteiger partial charge in [0.15, 0.2) is 0 Å². The second-order valence-electron chi connectivity index (χ2n) is 4.21. The zero-order chi connectivity index (χ0) is 12.2. The summed E-state index contributed by atoms with van der Waals surface area (Å²) in [5, 5.41) is 6.51. The fourth-order valence-corrected chi connectivity index (χ4v) is 2.06. The third-order valence-corrected chi connectivity index (χ3v) is 2.91. The number of anilines is 2. The summed E-state index contributed by atoms with van der Waals surface area (Å²) in [6, 6.07) is 2.30. The van der Waals surface area contributed by atoms with Gasteiger partial charge in [0.1, 0.15) is 6.33 Å². The third kappa shape index (κ3) is 2.43. The van der Waals surface area contributed by atoms with Crippen molar-refractivity contribution in [3.63, 3.8) is 0 Å². The molecule has 1 fully saturated rings. The highest BCUT2D eigenvalue weighted by atomic mass is 15.1. The smallest absolute Gasteiger partial charge is 0.227 e. The molecule has 1 aliphatic heterocycles. The molecule has 0 unspecified atom stereocenters. The van der Waals surface area contributed by atoms with Gasteiger partial charge in [-0.3, -0.25) is 0 Å². The van der Waals surface area contributed by atoms with Crippen LogP contribution in [0.4, 0.5) is 11.6 Å². The zero-order valence-corrected chi connectivity index (χ0v) is 9.87. The predicted octanol–water partition coefficient (Wildman–Crippen LogP) is 1.43. The molecule has 0 aromatic carbocycles. The molecule has 0 aliphatic carbocycles. The van der Waals surface area contributed by atoms with Crippen LogP contribution in [0.25, 0.3) is 0 Å². The zero-order valence-electron chi connectivity index (χ0n) is 9.87. The first kappa shape index (κ1) is 11.0. The van der Waals surface area contributed by atoms with Crippen LogP contribution in [0.5, 0.6) is 0 Å². The van der Waals surface area contributed by atoms with E-state index in [9.17, 15) is 0 Å². The van der Waals surface area contributed by atoms with E-state index in [1.807, 2.05) is 6.07 Å². The Hall–Kier alpha value is -2.08. The summed E-state index contributed by atoms with van der Waals surface area (Å²) in [6.45, 7) is 1.06. The fraction of sp³-hybridized carbons (Fsp3) is 0.333. The van der Waals surface area contributed by atoms with Crippen LogP contribution in [-0.2, 0) is 0 Å². The SMILES string of the molecule is c1ncc(Nc2nccc([C@@H]3CCCN3)n2)cn1. The Morgan fingerprint density at radius 3 is 2.94 bits per heavy atom. The highest BCUT2D eigenvalue weighted by molar-refractivity contribution is 5.49. The van der Waals surface area contributed by atoms with E-state index in [1.165, 1.54) is 12.7 Å². The van der Waals surface area contributed by atoms with Gasteiger partial charge < -0.3 is 10.6 Å². The van der Waals surface area contributed by atoms with E-state index < -0.39 is 0 Å². The van der Waals surface area contributed by atoms with Crippen LogP contribution >= 0.6 is 0 Å². The summed E-state index contributed by atoms with van der Waals surface area (Å²) < 4.78 is 0. The Labute approximate surface area is 105 Å². The lowest BCUT2D eigenvalue weighted by Crippen LogP contribution is -2.15. The van der Waals surface area contributed by atoms with E-state index in [0.29, 0.717) is 12.0 Å². The summed E-state index contributed by atoms with van der Waals surface area (Å²) in [6.07, 6.45) is 8.97. The molecule has 3 heterocycles. The van der Waals surface area contributed by atoms with Crippen LogP contribution in [0.15, 0.2) is 31.0 Å². The Balaban J connectivity index is 1.78. The molecule has 6 heteroatoms. The molecular formula is C12H14N6. The summed E-state index contributed by atoms with van der Waals surface area (Å²) in [5.41, 5.74) is 1.82. The van der Waals surface area contributed by atoms with Crippen molar-refractivity contribution in [2.45, 2.75) is 18.9 Å². The van der Waals surface area contributed by atoms with Crippen LogP contribution in [0.1, 0.15) is 24.6 Å². The molecule has 6 nitrogen and oxygen atoms in total. The molecule has 0 saturated carbocycles. The molecule has 0 spiro atoms. The average molecular weight is 242 g/mol. The van der Waals surface area contributed by atoms with Crippen molar-refractivity contribution in [2.75, 3.05) is 11.9 Å². The first-order valence-corrected chi connectivity index (χ1v) is 6.00. The van der Waals surface area contributed by atoms with E-state index in [2.05, 4.69) is 30.6 Å². The maximum atomic E-state index is 4.51. The summed E-state index contributed by atoms with van der Waals surface area (Å²) in [7, 11) is 0. The van der Waals surface area contributed by atoms with Crippen molar-refractivity contribution in [3.05, 3.63) is 36.7 Å². The van der Waals surface area contributed by atoms with Crippen molar-refractivity contribution in [2.24, 2.45) is 0 Å². The van der Waals surface area contributed by atoms with Crippen molar-refractivity contribution in [3.8, 4) is 0 Å². The van der Waals surface area contributed by atoms with Gasteiger partial charge in [-0.15, -0.1) is 0 Å². The molecule has 0 radical (unpaired) electrons. The summed E-state index contributed by atoms with van der Waals surface area (Å²) in [5.74, 6) is 0.580. The van der Waals surface area contributed by atoms with Gasteiger partial charge in [0, 0.05) is 12.2 Å². The molecule has 0 bridgehead atoms. The fourth-order valence-electron chi connectivity index (χ4n) is 2.06. The van der Waals surface area contributed by atoms with Crippen molar-refractivity contribution in [1.82, 2.24) is 25.3 Å². The van der Waals surface area contributed by atoms with Crippen LogP contribution < -0.4 is 10.6 Å². The number of hydrogen-bond donors (Lipinski definition) is 2. The van der Waals surface area contributed by atoms with Gasteiger partial charge in [-0.25, -0.2) is 19.9 Å². The number of aromatic nitrogens is 4. The lowest BCUT2D eigenvalue weighted by Gasteiger charge is -2.10. The molecule has 92 valence electrons. The molecule has 1 atom stereocenters. The molecule has 2 N–H and O–H groups in total. The second-order valence-corrected chi connectivity index (χ2v) is 4.21. The minimum Gasteiger partial charge on any atom is -0.322 e. The number of hydrogen-bond acceptors (Lipinski definition) is 6. The third-order valence-electron chi connectivity index (χ3n) is 2.91. The van der Waals surface area contributed by atoms with E-state index in [0.717, 1.165) is 24.3 Å². The molecule has 2 aromatic heterocycles. The van der Waals surface area contributed by atoms with Gasteiger partial charge >= 0.3 is 0 Å². The maximum absolute atomic E-state index is 4.51. The van der Waals surface area contributed by atoms with E-state index >= 15 is 0 Å². The highest BCUT2D eigenvalue weighted by Gasteiger charge is 2.17. The standard InChI is InChI=1S/C12H14N6/c1-2-10(15-4-1)11-3-5-16-12(18-11)17-9-6-13-8-14-7-9/h3,5-8,10,15H,1-2,4H2,(H,16,17,18)/t10-/m0/s1. The number of nitrogens with one attached hydrogen (secondary N) is 2. The van der Waals surface area contributed by atoms with Gasteiger partial charge in [0.2, 0.25) is 5.95 Å². The Kier molecular flexibility index (Phi) is 3.10. The Morgan fingerprint density at radius 2 is 2.17 bits per heavy atom. The molecule has 1 saturated heterocycles. The van der Waals surface area contributed by atoms with Gasteiger partial charge in [0.25, 0.3) is 0 Å². The van der Waals surface area contributed by atoms with Crippen LogP contribution in [0.3, 0.4) is 0 Å². The topological polar surface area (TPSA) is 75.6 Å². The van der Waals surface area contributed by atoms with E-state index in [4.69, 9.17) is 0 Å². The maximum Gasteiger partial charge on any atom is 0.227 e. The van der Waals surface area contributed by atoms with Crippen molar-refractivity contribution < 1.29 is 0 Å². The van der Waals surface area contributed by atoms with Crippen molar-refractivity contribution >= 4 is 11.6 Å². The predicted molar refractivity (Wildman–Crippen MR) is 67.3 cm³/mol. The largest absolute Gasteiger partial charge is 0.322 e. The average Bonchev–Trinajstić information content (AvgIpc) is 2.94. The molecular weight excluding hydrogens is 228 g/mol. The normalized spacial score (nSPS) is 18.8. The van der Waals surface area contributed by atoms with Gasteiger partial charge in [0.05, 0.1) is 23.8 Å². The number of rotatable bonds is 3. The number of nitrogens with zero attached hydrogens (tertiary/aromatic N) is 4. The molecule has 3 rings (SSSR count). The van der Waals surface area contributed by atoms with Crippen LogP contribution in [0, 0.1) is 0 Å². The second kappa shape index (κ2) is 5.05. The Bertz CT molecular complexity index is 509. The lowest BCUT2D eigenvalue weighted by molar-refractivity contribution is 0.627. The Morgan fingerprint density at radius 1 is 1.28 bits per heavy atom. The van der Waals surface area contributed by atoms with Gasteiger partial charge in [-0.1, -0.05) is 0 Å². The quantitative estimate of drug-likeness (QED) is 0.848. The van der Waals surface area contributed by atoms with Gasteiger partial charge in [-0.05, 0) is 25.5 Å². The molecule has 18 heavy (non-hydrogen) atoms. The lowest BCUT2D eigenvalue weighted by atomic mass is 10.1. The van der Waals surface area contributed by atoms with Gasteiger partial charge in [-0.2, -0.15) is 0 Å². The first-order valence-electron chi connectivity index (χ1n) is 6.00. The summed E-state index contributed by atoms with van der Waals surface area (Å²) >= 11 is 0. The van der Waals surface area contributed by atoms with Crippen molar-refractivity contribution in [1.29, 1.82) is 0 Å². The van der Waals surface area contributed by atoms with Crippen LogP contribution in [0.2, 0.25) is 0 Å². The van der Waals surface area contributed by atoms with E-state index in [1.54, 1.807) is 18.6 Å². The van der Waals surface area contributed by atoms with E-state index in [-0.39, 0.29) is 0 Å². The monoisotopic (exact) mass is 242 g/mol. The molecule has 1 aliphatic rings. The van der Waals surface area contributed by atoms with Crippen LogP contribution in [-0.4, -0.2) is 26.5 Å². The summed E-state index contributed by atoms with van der Waals surface area (Å²) in [4.78, 5) is 16.6. The minimum atomic E-state index is 0.348. The minimum absolute atomic E-state index is 0.348. The first-order chi connectivity index (χ1) is 8.92. The highest BCUT2D eigenvalue weighted by Crippen LogP contribution is 2.22.